The molecule has 1 heterocycles. The fourth-order valence-corrected chi connectivity index (χ4v) is 2.56. The van der Waals surface area contributed by atoms with E-state index >= 15 is 0 Å². The highest BCUT2D eigenvalue weighted by molar-refractivity contribution is 5.94. The minimum Gasteiger partial charge on any atom is -0.484 e. The zero-order chi connectivity index (χ0) is 17.6. The number of carbonyl (C=O) groups is 1. The Morgan fingerprint density at radius 2 is 1.68 bits per heavy atom. The van der Waals surface area contributed by atoms with Crippen LogP contribution in [0.5, 0.6) is 5.75 Å². The van der Waals surface area contributed by atoms with Gasteiger partial charge >= 0.3 is 0 Å². The van der Waals surface area contributed by atoms with Gasteiger partial charge in [0, 0.05) is 11.3 Å². The van der Waals surface area contributed by atoms with Gasteiger partial charge < -0.3 is 14.2 Å². The van der Waals surface area contributed by atoms with E-state index in [0.29, 0.717) is 12.3 Å². The number of carbonyl (C=O) groups excluding carboxylic acids is 1. The van der Waals surface area contributed by atoms with Crippen LogP contribution in [-0.4, -0.2) is 17.7 Å². The molecule has 3 aromatic rings. The van der Waals surface area contributed by atoms with Gasteiger partial charge in [-0.2, -0.15) is 0 Å². The Morgan fingerprint density at radius 1 is 1.04 bits per heavy atom. The zero-order valence-corrected chi connectivity index (χ0v) is 14.3. The van der Waals surface area contributed by atoms with E-state index in [1.165, 1.54) is 0 Å². The normalized spacial score (nSPS) is 10.5. The van der Waals surface area contributed by atoms with Crippen LogP contribution >= 0.6 is 0 Å². The average molecular weight is 336 g/mol. The average Bonchev–Trinajstić information content (AvgIpc) is 2.97. The van der Waals surface area contributed by atoms with Gasteiger partial charge in [0.1, 0.15) is 11.5 Å². The van der Waals surface area contributed by atoms with E-state index in [-0.39, 0.29) is 12.5 Å². The molecular formula is C20H20N2O3. The summed E-state index contributed by atoms with van der Waals surface area (Å²) in [5.41, 5.74) is 2.51. The van der Waals surface area contributed by atoms with Crippen molar-refractivity contribution in [1.29, 1.82) is 0 Å². The summed E-state index contributed by atoms with van der Waals surface area (Å²) in [4.78, 5) is 14.5. The lowest BCUT2D eigenvalue weighted by Crippen LogP contribution is -2.34. The molecule has 3 rings (SSSR count). The number of benzene rings is 2. The molecule has 0 aliphatic rings. The molecule has 0 fully saturated rings. The Hall–Kier alpha value is -3.08. The zero-order valence-electron chi connectivity index (χ0n) is 14.3. The van der Waals surface area contributed by atoms with Crippen molar-refractivity contribution in [2.24, 2.45) is 0 Å². The third-order valence-electron chi connectivity index (χ3n) is 3.97. The fourth-order valence-electron chi connectivity index (χ4n) is 2.56. The van der Waals surface area contributed by atoms with Gasteiger partial charge in [-0.25, -0.2) is 0 Å². The predicted molar refractivity (Wildman–Crippen MR) is 95.5 cm³/mol. The van der Waals surface area contributed by atoms with Gasteiger partial charge in [-0.05, 0) is 38.1 Å². The first kappa shape index (κ1) is 16.8. The lowest BCUT2D eigenvalue weighted by atomic mass is 10.1. The Kier molecular flexibility index (Phi) is 5.14. The molecular weight excluding hydrogens is 316 g/mol. The molecule has 0 bridgehead atoms. The minimum absolute atomic E-state index is 0.0394. The van der Waals surface area contributed by atoms with E-state index in [0.717, 1.165) is 22.7 Å². The predicted octanol–water partition coefficient (Wildman–Crippen LogP) is 3.90. The molecule has 0 aliphatic carbocycles. The molecule has 128 valence electrons. The van der Waals surface area contributed by atoms with Crippen LogP contribution < -0.4 is 9.64 Å². The second-order valence-corrected chi connectivity index (χ2v) is 5.72. The van der Waals surface area contributed by atoms with Gasteiger partial charge in [-0.15, -0.1) is 0 Å². The summed E-state index contributed by atoms with van der Waals surface area (Å²) >= 11 is 0. The van der Waals surface area contributed by atoms with Crippen LogP contribution in [0.25, 0.3) is 0 Å². The van der Waals surface area contributed by atoms with E-state index in [1.54, 1.807) is 4.90 Å². The summed E-state index contributed by atoms with van der Waals surface area (Å²) < 4.78 is 10.8. The molecule has 0 saturated heterocycles. The number of rotatable bonds is 6. The molecule has 0 radical (unpaired) electrons. The van der Waals surface area contributed by atoms with E-state index in [9.17, 15) is 4.79 Å². The maximum atomic E-state index is 12.8. The van der Waals surface area contributed by atoms with Gasteiger partial charge in [0.2, 0.25) is 0 Å². The fraction of sp³-hybridized carbons (Fsp3) is 0.200. The van der Waals surface area contributed by atoms with Gasteiger partial charge in [-0.1, -0.05) is 41.6 Å². The standard InChI is InChI=1S/C20H20N2O3/c1-15-19(16(2)25-21-15)13-22(17-9-5-3-6-10-17)20(23)14-24-18-11-7-4-8-12-18/h3-12H,13-14H2,1-2H3. The van der Waals surface area contributed by atoms with E-state index in [2.05, 4.69) is 5.16 Å². The van der Waals surface area contributed by atoms with Crippen LogP contribution in [-0.2, 0) is 11.3 Å². The lowest BCUT2D eigenvalue weighted by Gasteiger charge is -2.23. The number of ether oxygens (including phenoxy) is 1. The molecule has 2 aromatic carbocycles. The first-order valence-electron chi connectivity index (χ1n) is 8.10. The monoisotopic (exact) mass is 336 g/mol. The van der Waals surface area contributed by atoms with Gasteiger partial charge in [0.15, 0.2) is 6.61 Å². The highest BCUT2D eigenvalue weighted by Gasteiger charge is 2.20. The van der Waals surface area contributed by atoms with Gasteiger partial charge in [0.05, 0.1) is 12.2 Å². The van der Waals surface area contributed by atoms with E-state index < -0.39 is 0 Å². The number of anilines is 1. The lowest BCUT2D eigenvalue weighted by molar-refractivity contribution is -0.120. The van der Waals surface area contributed by atoms with Gasteiger partial charge in [0.25, 0.3) is 5.91 Å². The molecule has 25 heavy (non-hydrogen) atoms. The Balaban J connectivity index is 1.80. The van der Waals surface area contributed by atoms with Crippen LogP contribution in [0, 0.1) is 13.8 Å². The maximum Gasteiger partial charge on any atom is 0.265 e. The molecule has 1 aromatic heterocycles. The first-order chi connectivity index (χ1) is 12.1. The molecule has 5 nitrogen and oxygen atoms in total. The number of nitrogens with zero attached hydrogens (tertiary/aromatic N) is 2. The van der Waals surface area contributed by atoms with E-state index in [4.69, 9.17) is 9.26 Å². The number of aromatic nitrogens is 1. The Labute approximate surface area is 146 Å². The van der Waals surface area contributed by atoms with Crippen molar-refractivity contribution in [3.8, 4) is 5.75 Å². The Morgan fingerprint density at radius 3 is 2.28 bits per heavy atom. The van der Waals surface area contributed by atoms with Crippen molar-refractivity contribution in [2.75, 3.05) is 11.5 Å². The van der Waals surface area contributed by atoms with Crippen molar-refractivity contribution >= 4 is 11.6 Å². The molecule has 0 atom stereocenters. The smallest absolute Gasteiger partial charge is 0.265 e. The third kappa shape index (κ3) is 4.07. The van der Waals surface area contributed by atoms with Crippen LogP contribution in [0.2, 0.25) is 0 Å². The Bertz CT molecular complexity index is 809. The summed E-state index contributed by atoms with van der Waals surface area (Å²) in [6.07, 6.45) is 0. The number of amides is 1. The topological polar surface area (TPSA) is 55.6 Å². The summed E-state index contributed by atoms with van der Waals surface area (Å²) in [6.45, 7) is 4.08. The van der Waals surface area contributed by atoms with Crippen LogP contribution in [0.1, 0.15) is 17.0 Å². The second kappa shape index (κ2) is 7.66. The third-order valence-corrected chi connectivity index (χ3v) is 3.97. The summed E-state index contributed by atoms with van der Waals surface area (Å²) in [6, 6.07) is 18.8. The van der Waals surface area contributed by atoms with Crippen molar-refractivity contribution in [3.05, 3.63) is 77.7 Å². The van der Waals surface area contributed by atoms with Crippen molar-refractivity contribution in [2.45, 2.75) is 20.4 Å². The molecule has 0 N–H and O–H groups in total. The molecule has 1 amide bonds. The summed E-state index contributed by atoms with van der Waals surface area (Å²) in [5, 5.41) is 3.97. The van der Waals surface area contributed by atoms with Crippen molar-refractivity contribution < 1.29 is 14.1 Å². The molecule has 0 spiro atoms. The maximum absolute atomic E-state index is 12.8. The molecule has 0 aliphatic heterocycles. The summed E-state index contributed by atoms with van der Waals surface area (Å²) in [7, 11) is 0. The quantitative estimate of drug-likeness (QED) is 0.685. The number of hydrogen-bond acceptors (Lipinski definition) is 4. The number of hydrogen-bond donors (Lipinski definition) is 0. The largest absolute Gasteiger partial charge is 0.484 e. The highest BCUT2D eigenvalue weighted by Crippen LogP contribution is 2.21. The van der Waals surface area contributed by atoms with Crippen LogP contribution in [0.3, 0.4) is 0 Å². The molecule has 5 heteroatoms. The van der Waals surface area contributed by atoms with Crippen LogP contribution in [0.4, 0.5) is 5.69 Å². The van der Waals surface area contributed by atoms with E-state index in [1.807, 2.05) is 74.5 Å². The van der Waals surface area contributed by atoms with Crippen molar-refractivity contribution in [3.63, 3.8) is 0 Å². The summed E-state index contributed by atoms with van der Waals surface area (Å²) in [5.74, 6) is 1.26. The first-order valence-corrected chi connectivity index (χ1v) is 8.10. The van der Waals surface area contributed by atoms with Gasteiger partial charge in [-0.3, -0.25) is 4.79 Å². The molecule has 0 saturated carbocycles. The SMILES string of the molecule is Cc1noc(C)c1CN(C(=O)COc1ccccc1)c1ccccc1. The highest BCUT2D eigenvalue weighted by atomic mass is 16.5. The van der Waals surface area contributed by atoms with Crippen molar-refractivity contribution in [1.82, 2.24) is 5.16 Å². The molecule has 0 unspecified atom stereocenters. The number of para-hydroxylation sites is 2. The second-order valence-electron chi connectivity index (χ2n) is 5.72. The van der Waals surface area contributed by atoms with Crippen LogP contribution in [0.15, 0.2) is 65.2 Å². The number of aryl methyl sites for hydroxylation is 2. The minimum atomic E-state index is -0.130.